The van der Waals surface area contributed by atoms with Gasteiger partial charge in [-0.25, -0.2) is 0 Å². The fourth-order valence-electron chi connectivity index (χ4n) is 2.32. The van der Waals surface area contributed by atoms with E-state index in [0.717, 1.165) is 13.2 Å². The summed E-state index contributed by atoms with van der Waals surface area (Å²) in [7, 11) is 1.74. The van der Waals surface area contributed by atoms with Gasteiger partial charge in [0.2, 0.25) is 0 Å². The molecule has 0 spiro atoms. The van der Waals surface area contributed by atoms with E-state index in [0.29, 0.717) is 17.3 Å². The molecule has 0 aromatic rings. The highest BCUT2D eigenvalue weighted by Crippen LogP contribution is 2.54. The van der Waals surface area contributed by atoms with Gasteiger partial charge >= 0.3 is 0 Å². The first-order valence-corrected chi connectivity index (χ1v) is 5.51. The molecule has 0 saturated heterocycles. The highest BCUT2D eigenvalue weighted by atomic mass is 16.5. The third-order valence-corrected chi connectivity index (χ3v) is 3.30. The van der Waals surface area contributed by atoms with Gasteiger partial charge in [-0.1, -0.05) is 33.8 Å². The normalized spacial score (nSPS) is 18.6. The zero-order valence-corrected chi connectivity index (χ0v) is 10.1. The minimum absolute atomic E-state index is 0.341. The van der Waals surface area contributed by atoms with Crippen LogP contribution in [-0.4, -0.2) is 20.3 Å². The number of hydrogen-bond donors (Lipinski definition) is 1. The van der Waals surface area contributed by atoms with Gasteiger partial charge in [0.25, 0.3) is 0 Å². The van der Waals surface area contributed by atoms with Crippen molar-refractivity contribution in [2.45, 2.75) is 27.7 Å². The van der Waals surface area contributed by atoms with Crippen LogP contribution in [0.4, 0.5) is 0 Å². The zero-order valence-electron chi connectivity index (χ0n) is 10.1. The maximum Gasteiger partial charge on any atom is 0.0635 e. The van der Waals surface area contributed by atoms with Crippen LogP contribution in [0.15, 0.2) is 11.8 Å². The quantitative estimate of drug-likeness (QED) is 0.660. The lowest BCUT2D eigenvalue weighted by molar-refractivity contribution is 0.198. The standard InChI is InChI=1S/C12H23NO/c1-9(2)12(10(3)4)8-11(12)13-6-7-14-5/h8-10,13H,6-7H2,1-5H3. The Balaban J connectivity index is 2.40. The largest absolute Gasteiger partial charge is 0.386 e. The molecular formula is C12H23NO. The van der Waals surface area contributed by atoms with Crippen molar-refractivity contribution in [3.05, 3.63) is 11.8 Å². The summed E-state index contributed by atoms with van der Waals surface area (Å²) in [6, 6.07) is 0. The summed E-state index contributed by atoms with van der Waals surface area (Å²) in [5.74, 6) is 1.38. The second kappa shape index (κ2) is 4.35. The maximum absolute atomic E-state index is 5.02. The monoisotopic (exact) mass is 197 g/mol. The van der Waals surface area contributed by atoms with Crippen LogP contribution in [0.2, 0.25) is 0 Å². The third-order valence-electron chi connectivity index (χ3n) is 3.30. The maximum atomic E-state index is 5.02. The van der Waals surface area contributed by atoms with Crippen LogP contribution in [0.1, 0.15) is 27.7 Å². The van der Waals surface area contributed by atoms with Crippen LogP contribution < -0.4 is 5.32 Å². The molecule has 0 aromatic carbocycles. The van der Waals surface area contributed by atoms with Gasteiger partial charge in [0.05, 0.1) is 6.61 Å². The molecular weight excluding hydrogens is 174 g/mol. The smallest absolute Gasteiger partial charge is 0.0635 e. The lowest BCUT2D eigenvalue weighted by atomic mass is 9.79. The van der Waals surface area contributed by atoms with E-state index >= 15 is 0 Å². The molecule has 0 radical (unpaired) electrons. The van der Waals surface area contributed by atoms with Gasteiger partial charge in [0, 0.05) is 24.8 Å². The fraction of sp³-hybridized carbons (Fsp3) is 0.833. The van der Waals surface area contributed by atoms with Crippen molar-refractivity contribution < 1.29 is 4.74 Å². The van der Waals surface area contributed by atoms with Crippen molar-refractivity contribution in [3.63, 3.8) is 0 Å². The first kappa shape index (κ1) is 11.6. The lowest BCUT2D eigenvalue weighted by Crippen LogP contribution is -2.27. The van der Waals surface area contributed by atoms with E-state index in [9.17, 15) is 0 Å². The summed E-state index contributed by atoms with van der Waals surface area (Å²) in [6.07, 6.45) is 2.37. The Morgan fingerprint density at radius 1 is 1.29 bits per heavy atom. The van der Waals surface area contributed by atoms with E-state index in [-0.39, 0.29) is 0 Å². The van der Waals surface area contributed by atoms with Gasteiger partial charge in [0.1, 0.15) is 0 Å². The molecule has 2 heteroatoms. The van der Waals surface area contributed by atoms with Gasteiger partial charge in [-0.2, -0.15) is 0 Å². The predicted molar refractivity (Wildman–Crippen MR) is 60.1 cm³/mol. The molecule has 2 nitrogen and oxygen atoms in total. The molecule has 0 aliphatic heterocycles. The van der Waals surface area contributed by atoms with E-state index in [1.165, 1.54) is 5.70 Å². The Hall–Kier alpha value is -0.500. The SMILES string of the molecule is COCCNC1=CC1(C(C)C)C(C)C. The molecule has 0 aromatic heterocycles. The van der Waals surface area contributed by atoms with Gasteiger partial charge in [-0.3, -0.25) is 0 Å². The van der Waals surface area contributed by atoms with Crippen molar-refractivity contribution in [3.8, 4) is 0 Å². The number of hydrogen-bond acceptors (Lipinski definition) is 2. The van der Waals surface area contributed by atoms with Crippen LogP contribution in [-0.2, 0) is 4.74 Å². The molecule has 0 unspecified atom stereocenters. The number of allylic oxidation sites excluding steroid dienone is 2. The van der Waals surface area contributed by atoms with Gasteiger partial charge in [-0.15, -0.1) is 0 Å². The molecule has 0 saturated carbocycles. The van der Waals surface area contributed by atoms with Crippen LogP contribution in [0.25, 0.3) is 0 Å². The number of methoxy groups -OCH3 is 1. The molecule has 0 atom stereocenters. The number of nitrogens with one attached hydrogen (secondary N) is 1. The summed E-state index contributed by atoms with van der Waals surface area (Å²) in [6.45, 7) is 10.9. The predicted octanol–water partition coefficient (Wildman–Crippen LogP) is 2.42. The Labute approximate surface area is 87.7 Å². The summed E-state index contributed by atoms with van der Waals surface area (Å²) >= 11 is 0. The van der Waals surface area contributed by atoms with Gasteiger partial charge in [-0.05, 0) is 11.8 Å². The van der Waals surface area contributed by atoms with E-state index in [1.54, 1.807) is 7.11 Å². The van der Waals surface area contributed by atoms with Crippen molar-refractivity contribution in [1.29, 1.82) is 0 Å². The molecule has 0 bridgehead atoms. The summed E-state index contributed by atoms with van der Waals surface area (Å²) < 4.78 is 5.02. The van der Waals surface area contributed by atoms with Crippen molar-refractivity contribution in [2.75, 3.05) is 20.3 Å². The number of rotatable bonds is 6. The molecule has 0 amide bonds. The third kappa shape index (κ3) is 1.95. The highest BCUT2D eigenvalue weighted by Gasteiger charge is 2.48. The minimum Gasteiger partial charge on any atom is -0.386 e. The van der Waals surface area contributed by atoms with E-state index in [1.807, 2.05) is 0 Å². The first-order valence-electron chi connectivity index (χ1n) is 5.51. The van der Waals surface area contributed by atoms with E-state index in [2.05, 4.69) is 39.1 Å². The summed E-state index contributed by atoms with van der Waals surface area (Å²) in [5, 5.41) is 3.45. The van der Waals surface area contributed by atoms with Crippen LogP contribution in [0.3, 0.4) is 0 Å². The fourth-order valence-corrected chi connectivity index (χ4v) is 2.32. The Morgan fingerprint density at radius 2 is 1.86 bits per heavy atom. The molecule has 0 fully saturated rings. The Kier molecular flexibility index (Phi) is 3.59. The Morgan fingerprint density at radius 3 is 2.21 bits per heavy atom. The van der Waals surface area contributed by atoms with Crippen molar-refractivity contribution >= 4 is 0 Å². The minimum atomic E-state index is 0.341. The van der Waals surface area contributed by atoms with Crippen molar-refractivity contribution in [1.82, 2.24) is 5.32 Å². The zero-order chi connectivity index (χ0) is 10.8. The molecule has 1 aliphatic carbocycles. The summed E-state index contributed by atoms with van der Waals surface area (Å²) in [4.78, 5) is 0. The van der Waals surface area contributed by atoms with Crippen LogP contribution >= 0.6 is 0 Å². The number of ether oxygens (including phenoxy) is 1. The summed E-state index contributed by atoms with van der Waals surface area (Å²) in [5.41, 5.74) is 1.76. The molecule has 14 heavy (non-hydrogen) atoms. The highest BCUT2D eigenvalue weighted by molar-refractivity contribution is 5.39. The lowest BCUT2D eigenvalue weighted by Gasteiger charge is -2.27. The first-order chi connectivity index (χ1) is 6.55. The Bertz CT molecular complexity index is 210. The van der Waals surface area contributed by atoms with Gasteiger partial charge < -0.3 is 10.1 Å². The molecule has 1 N–H and O–H groups in total. The van der Waals surface area contributed by atoms with Crippen LogP contribution in [0.5, 0.6) is 0 Å². The molecule has 1 aliphatic rings. The van der Waals surface area contributed by atoms with Crippen LogP contribution in [0, 0.1) is 17.3 Å². The molecule has 0 heterocycles. The molecule has 82 valence electrons. The van der Waals surface area contributed by atoms with E-state index < -0.39 is 0 Å². The second-order valence-corrected chi connectivity index (χ2v) is 4.72. The topological polar surface area (TPSA) is 21.3 Å². The van der Waals surface area contributed by atoms with E-state index in [4.69, 9.17) is 4.74 Å². The van der Waals surface area contributed by atoms with Gasteiger partial charge in [0.15, 0.2) is 0 Å². The average Bonchev–Trinajstić information content (AvgIpc) is 2.80. The molecule has 1 rings (SSSR count). The second-order valence-electron chi connectivity index (χ2n) is 4.72. The average molecular weight is 197 g/mol. The van der Waals surface area contributed by atoms with Crippen molar-refractivity contribution in [2.24, 2.45) is 17.3 Å².